The molecule has 0 bridgehead atoms. The maximum Gasteiger partial charge on any atom is 0.257 e. The quantitative estimate of drug-likeness (QED) is 0.601. The molecule has 1 aliphatic heterocycles. The number of aromatic nitrogens is 2. The van der Waals surface area contributed by atoms with Crippen LogP contribution in [0.2, 0.25) is 10.0 Å². The van der Waals surface area contributed by atoms with Crippen LogP contribution < -0.4 is 21.7 Å². The molecule has 6 heteroatoms. The number of rotatable bonds is 4. The van der Waals surface area contributed by atoms with Crippen LogP contribution in [-0.4, -0.2) is 11.7 Å². The molecule has 0 radical (unpaired) electrons. The van der Waals surface area contributed by atoms with Gasteiger partial charge in [0.2, 0.25) is 0 Å². The largest absolute Gasteiger partial charge is 1.00 e. The van der Waals surface area contributed by atoms with Gasteiger partial charge in [-0.15, -0.1) is 0 Å². The smallest absolute Gasteiger partial charge is 0.257 e. The minimum absolute atomic E-state index is 0. The van der Waals surface area contributed by atoms with Gasteiger partial charge in [-0.25, -0.2) is 9.13 Å². The summed E-state index contributed by atoms with van der Waals surface area (Å²) in [5, 5.41) is 1.20. The lowest BCUT2D eigenvalue weighted by Crippen LogP contribution is -3.00. The van der Waals surface area contributed by atoms with Gasteiger partial charge in [-0.05, 0) is 48.4 Å². The van der Waals surface area contributed by atoms with Crippen LogP contribution >= 0.6 is 23.2 Å². The maximum absolute atomic E-state index is 6.17. The summed E-state index contributed by atoms with van der Waals surface area (Å²) in [6.07, 6.45) is 4.51. The molecule has 4 rings (SSSR count). The summed E-state index contributed by atoms with van der Waals surface area (Å²) >= 11 is 12.2. The predicted molar refractivity (Wildman–Crippen MR) is 101 cm³/mol. The molecule has 3 aromatic rings. The minimum atomic E-state index is 0. The van der Waals surface area contributed by atoms with Crippen LogP contribution in [-0.2, 0) is 19.5 Å². The third-order valence-electron chi connectivity index (χ3n) is 4.72. The third-order valence-corrected chi connectivity index (χ3v) is 5.46. The summed E-state index contributed by atoms with van der Waals surface area (Å²) in [4.78, 5) is 0. The average Bonchev–Trinajstić information content (AvgIpc) is 3.22. The number of hydrogen-bond donors (Lipinski definition) is 0. The van der Waals surface area contributed by atoms with Crippen LogP contribution in [0.4, 0.5) is 0 Å². The molecular weight excluding hydrogens is 391 g/mol. The Morgan fingerprint density at radius 2 is 1.85 bits per heavy atom. The van der Waals surface area contributed by atoms with Crippen LogP contribution in [0.1, 0.15) is 17.8 Å². The molecule has 0 spiro atoms. The highest BCUT2D eigenvalue weighted by Crippen LogP contribution is 2.27. The summed E-state index contributed by atoms with van der Waals surface area (Å²) in [7, 11) is 1.69. The second-order valence-electron chi connectivity index (χ2n) is 6.29. The fourth-order valence-electron chi connectivity index (χ4n) is 3.47. The van der Waals surface area contributed by atoms with Crippen molar-refractivity contribution in [3.05, 3.63) is 70.1 Å². The average molecular weight is 410 g/mol. The molecule has 0 fully saturated rings. The summed E-state index contributed by atoms with van der Waals surface area (Å²) in [5.41, 5.74) is 3.60. The number of nitrogens with zero attached hydrogens (tertiary/aromatic N) is 2. The first kappa shape index (κ1) is 19.1. The van der Waals surface area contributed by atoms with Crippen LogP contribution in [0.25, 0.3) is 11.3 Å². The zero-order valence-electron chi connectivity index (χ0n) is 14.4. The van der Waals surface area contributed by atoms with E-state index in [1.165, 1.54) is 23.5 Å². The lowest BCUT2D eigenvalue weighted by Gasteiger charge is -2.02. The fraction of sp³-hybridized carbons (Fsp3) is 0.250. The molecule has 2 heterocycles. The van der Waals surface area contributed by atoms with E-state index in [0.717, 1.165) is 30.8 Å². The highest BCUT2D eigenvalue weighted by Gasteiger charge is 2.28. The Bertz CT molecular complexity index is 920. The van der Waals surface area contributed by atoms with Gasteiger partial charge in [-0.2, -0.15) is 0 Å². The molecule has 0 unspecified atom stereocenters. The number of hydrogen-bond acceptors (Lipinski definition) is 1. The van der Waals surface area contributed by atoms with Gasteiger partial charge in [0, 0.05) is 5.56 Å². The molecule has 136 valence electrons. The number of halogens is 3. The second-order valence-corrected chi connectivity index (χ2v) is 7.11. The van der Waals surface area contributed by atoms with E-state index in [1.807, 2.05) is 30.3 Å². The third kappa shape index (κ3) is 3.57. The van der Waals surface area contributed by atoms with Gasteiger partial charge >= 0.3 is 0 Å². The van der Waals surface area contributed by atoms with E-state index in [-0.39, 0.29) is 12.4 Å². The van der Waals surface area contributed by atoms with Gasteiger partial charge in [0.25, 0.3) is 5.82 Å². The molecule has 3 nitrogen and oxygen atoms in total. The van der Waals surface area contributed by atoms with E-state index in [9.17, 15) is 0 Å². The summed E-state index contributed by atoms with van der Waals surface area (Å²) in [6, 6.07) is 14.1. The van der Waals surface area contributed by atoms with Gasteiger partial charge in [-0.3, -0.25) is 0 Å². The highest BCUT2D eigenvalue weighted by atomic mass is 35.5. The van der Waals surface area contributed by atoms with E-state index in [1.54, 1.807) is 7.11 Å². The van der Waals surface area contributed by atoms with E-state index in [4.69, 9.17) is 27.9 Å². The summed E-state index contributed by atoms with van der Waals surface area (Å²) in [5.74, 6) is 2.23. The fourth-order valence-corrected chi connectivity index (χ4v) is 3.79. The lowest BCUT2D eigenvalue weighted by atomic mass is 10.1. The molecule has 0 amide bonds. The van der Waals surface area contributed by atoms with Gasteiger partial charge in [0.1, 0.15) is 18.5 Å². The van der Waals surface area contributed by atoms with E-state index >= 15 is 0 Å². The van der Waals surface area contributed by atoms with Gasteiger partial charge in [0.15, 0.2) is 5.69 Å². The Kier molecular flexibility index (Phi) is 5.81. The normalized spacial score (nSPS) is 12.6. The van der Waals surface area contributed by atoms with E-state index in [2.05, 4.69) is 27.5 Å². The SMILES string of the molecule is COc1ccc(-c2c[n+](Cc3ccc(Cl)c(Cl)c3)c3n2CCC3)cc1.[Cl-]. The van der Waals surface area contributed by atoms with Crippen molar-refractivity contribution in [2.24, 2.45) is 0 Å². The molecule has 0 saturated carbocycles. The van der Waals surface area contributed by atoms with Crippen LogP contribution in [0.15, 0.2) is 48.7 Å². The van der Waals surface area contributed by atoms with Crippen molar-refractivity contribution in [1.82, 2.24) is 4.57 Å². The second kappa shape index (κ2) is 7.91. The summed E-state index contributed by atoms with van der Waals surface area (Å²) in [6.45, 7) is 1.85. The van der Waals surface area contributed by atoms with E-state index in [0.29, 0.717) is 10.0 Å². The van der Waals surface area contributed by atoms with Gasteiger partial charge in [0.05, 0.1) is 30.1 Å². The summed E-state index contributed by atoms with van der Waals surface area (Å²) < 4.78 is 10.0. The van der Waals surface area contributed by atoms with Gasteiger partial charge < -0.3 is 17.1 Å². The predicted octanol–water partition coefficient (Wildman–Crippen LogP) is 1.76. The Labute approximate surface area is 169 Å². The zero-order valence-corrected chi connectivity index (χ0v) is 16.7. The number of fused-ring (bicyclic) bond motifs is 1. The molecule has 2 aromatic carbocycles. The Balaban J connectivity index is 0.00000196. The molecule has 1 aromatic heterocycles. The number of benzene rings is 2. The maximum atomic E-state index is 6.17. The molecule has 0 atom stereocenters. The van der Waals surface area contributed by atoms with Crippen molar-refractivity contribution in [3.8, 4) is 17.0 Å². The first-order valence-corrected chi connectivity index (χ1v) is 9.11. The van der Waals surface area contributed by atoms with Crippen molar-refractivity contribution in [2.45, 2.75) is 25.9 Å². The van der Waals surface area contributed by atoms with Crippen LogP contribution in [0.3, 0.4) is 0 Å². The van der Waals surface area contributed by atoms with Crippen molar-refractivity contribution >= 4 is 23.2 Å². The molecule has 0 saturated heterocycles. The Morgan fingerprint density at radius 1 is 1.08 bits per heavy atom. The van der Waals surface area contributed by atoms with Gasteiger partial charge in [-0.1, -0.05) is 29.3 Å². The first-order valence-electron chi connectivity index (χ1n) is 8.36. The highest BCUT2D eigenvalue weighted by molar-refractivity contribution is 6.42. The monoisotopic (exact) mass is 408 g/mol. The van der Waals surface area contributed by atoms with Crippen molar-refractivity contribution in [2.75, 3.05) is 7.11 Å². The molecule has 1 aliphatic rings. The van der Waals surface area contributed by atoms with Crippen molar-refractivity contribution in [3.63, 3.8) is 0 Å². The van der Waals surface area contributed by atoms with Crippen LogP contribution in [0.5, 0.6) is 5.75 Å². The number of ether oxygens (including phenoxy) is 1. The Morgan fingerprint density at radius 3 is 2.54 bits per heavy atom. The lowest BCUT2D eigenvalue weighted by molar-refractivity contribution is -0.694. The molecule has 0 aliphatic carbocycles. The molecule has 26 heavy (non-hydrogen) atoms. The topological polar surface area (TPSA) is 18.0 Å². The zero-order chi connectivity index (χ0) is 17.4. The van der Waals surface area contributed by atoms with Crippen LogP contribution in [0, 0.1) is 0 Å². The van der Waals surface area contributed by atoms with E-state index < -0.39 is 0 Å². The number of imidazole rings is 1. The molecular formula is C20H19Cl3N2O. The standard InChI is InChI=1S/C20H19Cl2N2O.ClH/c1-25-16-7-5-15(6-8-16)19-13-23(20-3-2-10-24(19)20)12-14-4-9-17(21)18(22)11-14;/h4-9,11,13H,2-3,10,12H2,1H3;1H/q+1;/p-1. The van der Waals surface area contributed by atoms with Crippen molar-refractivity contribution in [1.29, 1.82) is 0 Å². The minimum Gasteiger partial charge on any atom is -1.00 e. The Hall–Kier alpha value is -1.68. The van der Waals surface area contributed by atoms with Crippen molar-refractivity contribution < 1.29 is 21.7 Å². The number of methoxy groups -OCH3 is 1. The first-order chi connectivity index (χ1) is 12.2. The molecule has 0 N–H and O–H groups in total.